The van der Waals surface area contributed by atoms with E-state index < -0.39 is 0 Å². The highest BCUT2D eigenvalue weighted by molar-refractivity contribution is 5.03. The maximum atomic E-state index is 5.87. The Bertz CT molecular complexity index is 340. The van der Waals surface area contributed by atoms with E-state index >= 15 is 0 Å². The number of likely N-dealkylation sites (N-methyl/N-ethyl adjacent to an activating group) is 1. The van der Waals surface area contributed by atoms with Crippen LogP contribution in [-0.2, 0) is 11.3 Å². The van der Waals surface area contributed by atoms with Crippen LogP contribution >= 0.6 is 0 Å². The molecule has 1 aromatic rings. The van der Waals surface area contributed by atoms with E-state index in [0.29, 0.717) is 12.6 Å². The molecule has 0 aromatic carbocycles. The number of methoxy groups -OCH3 is 1. The number of ether oxygens (including phenoxy) is 1. The minimum absolute atomic E-state index is 0.150. The first-order valence-electron chi connectivity index (χ1n) is 6.34. The topological polar surface area (TPSA) is 51.4 Å². The van der Waals surface area contributed by atoms with Crippen molar-refractivity contribution in [2.45, 2.75) is 38.5 Å². The summed E-state index contributed by atoms with van der Waals surface area (Å²) in [5, 5.41) is 0. The zero-order chi connectivity index (χ0) is 13.6. The molecule has 4 heteroatoms. The molecule has 1 rings (SSSR count). The van der Waals surface area contributed by atoms with Crippen molar-refractivity contribution in [3.63, 3.8) is 0 Å². The molecule has 102 valence electrons. The summed E-state index contributed by atoms with van der Waals surface area (Å²) in [5.41, 5.74) is 6.78. The van der Waals surface area contributed by atoms with Crippen LogP contribution in [0.5, 0.6) is 0 Å². The van der Waals surface area contributed by atoms with Gasteiger partial charge in [0.15, 0.2) is 0 Å². The molecule has 0 aliphatic heterocycles. The smallest absolute Gasteiger partial charge is 0.0638 e. The number of aromatic nitrogens is 1. The standard InChI is InChI=1S/C14H25N3O/c1-14(2,18-4)9-13(10-15)17(3)11-12-7-5-6-8-16-12/h5-8,13H,9-11,15H2,1-4H3. The van der Waals surface area contributed by atoms with Gasteiger partial charge in [-0.15, -0.1) is 0 Å². The molecule has 1 unspecified atom stereocenters. The van der Waals surface area contributed by atoms with Gasteiger partial charge in [0.2, 0.25) is 0 Å². The maximum Gasteiger partial charge on any atom is 0.0638 e. The van der Waals surface area contributed by atoms with E-state index in [9.17, 15) is 0 Å². The third-order valence-electron chi connectivity index (χ3n) is 3.31. The number of pyridine rings is 1. The van der Waals surface area contributed by atoms with Crippen molar-refractivity contribution < 1.29 is 4.74 Å². The summed E-state index contributed by atoms with van der Waals surface area (Å²) in [6.45, 7) is 5.60. The first kappa shape index (κ1) is 15.1. The number of rotatable bonds is 7. The van der Waals surface area contributed by atoms with Crippen LogP contribution in [0.15, 0.2) is 24.4 Å². The second kappa shape index (κ2) is 6.83. The van der Waals surface area contributed by atoms with Crippen molar-refractivity contribution >= 4 is 0 Å². The van der Waals surface area contributed by atoms with E-state index in [1.165, 1.54) is 0 Å². The first-order valence-corrected chi connectivity index (χ1v) is 6.34. The van der Waals surface area contributed by atoms with Gasteiger partial charge in [0.1, 0.15) is 0 Å². The lowest BCUT2D eigenvalue weighted by atomic mass is 9.98. The van der Waals surface area contributed by atoms with Crippen LogP contribution in [-0.4, -0.2) is 42.2 Å². The van der Waals surface area contributed by atoms with Gasteiger partial charge in [-0.3, -0.25) is 9.88 Å². The Hall–Kier alpha value is -0.970. The van der Waals surface area contributed by atoms with Gasteiger partial charge in [0.25, 0.3) is 0 Å². The molecule has 0 saturated heterocycles. The van der Waals surface area contributed by atoms with E-state index in [2.05, 4.69) is 30.8 Å². The predicted octanol–water partition coefficient (Wildman–Crippen LogP) is 1.66. The number of hydrogen-bond donors (Lipinski definition) is 1. The Morgan fingerprint density at radius 3 is 2.67 bits per heavy atom. The van der Waals surface area contributed by atoms with Crippen molar-refractivity contribution in [3.8, 4) is 0 Å². The molecule has 1 heterocycles. The summed E-state index contributed by atoms with van der Waals surface area (Å²) < 4.78 is 5.47. The molecule has 1 atom stereocenters. The summed E-state index contributed by atoms with van der Waals surface area (Å²) in [6.07, 6.45) is 2.73. The van der Waals surface area contributed by atoms with Gasteiger partial charge in [-0.05, 0) is 39.4 Å². The van der Waals surface area contributed by atoms with Crippen molar-refractivity contribution in [1.82, 2.24) is 9.88 Å². The fraction of sp³-hybridized carbons (Fsp3) is 0.643. The lowest BCUT2D eigenvalue weighted by molar-refractivity contribution is -0.00551. The molecule has 0 aliphatic rings. The average Bonchev–Trinajstić information content (AvgIpc) is 2.37. The summed E-state index contributed by atoms with van der Waals surface area (Å²) >= 11 is 0. The van der Waals surface area contributed by atoms with Crippen LogP contribution in [0, 0.1) is 0 Å². The number of nitrogens with zero attached hydrogens (tertiary/aromatic N) is 2. The second-order valence-corrected chi connectivity index (χ2v) is 5.29. The molecule has 0 spiro atoms. The lowest BCUT2D eigenvalue weighted by Crippen LogP contribution is -2.43. The van der Waals surface area contributed by atoms with Crippen LogP contribution < -0.4 is 5.73 Å². The monoisotopic (exact) mass is 251 g/mol. The fourth-order valence-electron chi connectivity index (χ4n) is 1.95. The van der Waals surface area contributed by atoms with E-state index in [4.69, 9.17) is 10.5 Å². The normalized spacial score (nSPS) is 13.9. The molecule has 2 N–H and O–H groups in total. The minimum atomic E-state index is -0.150. The van der Waals surface area contributed by atoms with E-state index in [1.54, 1.807) is 7.11 Å². The summed E-state index contributed by atoms with van der Waals surface area (Å²) in [5.74, 6) is 0. The number of hydrogen-bond acceptors (Lipinski definition) is 4. The Kier molecular flexibility index (Phi) is 5.72. The molecular formula is C14H25N3O. The fourth-order valence-corrected chi connectivity index (χ4v) is 1.95. The van der Waals surface area contributed by atoms with Crippen LogP contribution in [0.3, 0.4) is 0 Å². The predicted molar refractivity (Wildman–Crippen MR) is 74.3 cm³/mol. The zero-order valence-corrected chi connectivity index (χ0v) is 11.9. The molecule has 0 bridgehead atoms. The maximum absolute atomic E-state index is 5.87. The van der Waals surface area contributed by atoms with Gasteiger partial charge < -0.3 is 10.5 Å². The largest absolute Gasteiger partial charge is 0.379 e. The lowest BCUT2D eigenvalue weighted by Gasteiger charge is -2.33. The van der Waals surface area contributed by atoms with Crippen molar-refractivity contribution in [2.75, 3.05) is 20.7 Å². The van der Waals surface area contributed by atoms with Crippen LogP contribution in [0.2, 0.25) is 0 Å². The molecule has 18 heavy (non-hydrogen) atoms. The van der Waals surface area contributed by atoms with Gasteiger partial charge in [0, 0.05) is 32.4 Å². The highest BCUT2D eigenvalue weighted by Gasteiger charge is 2.24. The van der Waals surface area contributed by atoms with E-state index in [-0.39, 0.29) is 5.60 Å². The SMILES string of the molecule is COC(C)(C)CC(CN)N(C)Cc1ccccn1. The third kappa shape index (κ3) is 4.72. The van der Waals surface area contributed by atoms with Crippen molar-refractivity contribution in [1.29, 1.82) is 0 Å². The summed E-state index contributed by atoms with van der Waals surface area (Å²) in [6, 6.07) is 6.26. The quantitative estimate of drug-likeness (QED) is 0.800. The van der Waals surface area contributed by atoms with Crippen LogP contribution in [0.4, 0.5) is 0 Å². The van der Waals surface area contributed by atoms with Gasteiger partial charge in [-0.25, -0.2) is 0 Å². The zero-order valence-electron chi connectivity index (χ0n) is 11.9. The molecule has 0 amide bonds. The Morgan fingerprint density at radius 1 is 1.44 bits per heavy atom. The average molecular weight is 251 g/mol. The van der Waals surface area contributed by atoms with E-state index in [0.717, 1.165) is 18.7 Å². The molecule has 4 nitrogen and oxygen atoms in total. The molecular weight excluding hydrogens is 226 g/mol. The van der Waals surface area contributed by atoms with Gasteiger partial charge in [-0.1, -0.05) is 6.07 Å². The summed E-state index contributed by atoms with van der Waals surface area (Å²) in [4.78, 5) is 6.58. The van der Waals surface area contributed by atoms with Gasteiger partial charge in [0.05, 0.1) is 11.3 Å². The minimum Gasteiger partial charge on any atom is -0.379 e. The molecule has 0 radical (unpaired) electrons. The number of nitrogens with two attached hydrogens (primary N) is 1. The van der Waals surface area contributed by atoms with Gasteiger partial charge in [-0.2, -0.15) is 0 Å². The van der Waals surface area contributed by atoms with Crippen LogP contribution in [0.1, 0.15) is 26.0 Å². The Balaban J connectivity index is 2.60. The molecule has 0 saturated carbocycles. The third-order valence-corrected chi connectivity index (χ3v) is 3.31. The van der Waals surface area contributed by atoms with Crippen LogP contribution in [0.25, 0.3) is 0 Å². The van der Waals surface area contributed by atoms with Crippen molar-refractivity contribution in [2.24, 2.45) is 5.73 Å². The highest BCUT2D eigenvalue weighted by atomic mass is 16.5. The first-order chi connectivity index (χ1) is 8.48. The van der Waals surface area contributed by atoms with E-state index in [1.807, 2.05) is 24.4 Å². The molecule has 1 aromatic heterocycles. The molecule has 0 fully saturated rings. The summed E-state index contributed by atoms with van der Waals surface area (Å²) in [7, 11) is 3.82. The second-order valence-electron chi connectivity index (χ2n) is 5.29. The Morgan fingerprint density at radius 2 is 2.17 bits per heavy atom. The van der Waals surface area contributed by atoms with Crippen molar-refractivity contribution in [3.05, 3.63) is 30.1 Å². The Labute approximate surface area is 110 Å². The van der Waals surface area contributed by atoms with Gasteiger partial charge >= 0.3 is 0 Å². The highest BCUT2D eigenvalue weighted by Crippen LogP contribution is 2.18. The molecule has 0 aliphatic carbocycles.